The van der Waals surface area contributed by atoms with Gasteiger partial charge in [-0.1, -0.05) is 6.07 Å². The fourth-order valence-corrected chi connectivity index (χ4v) is 1.78. The van der Waals surface area contributed by atoms with Gasteiger partial charge in [0.25, 0.3) is 0 Å². The minimum absolute atomic E-state index is 0. The van der Waals surface area contributed by atoms with Crippen LogP contribution in [0.4, 0.5) is 5.82 Å². The SMILES string of the molecule is C[N+]1(C)CCN(c2ccccn2)CC1.[I-]. The molecule has 0 saturated carbocycles. The average molecular weight is 319 g/mol. The Labute approximate surface area is 109 Å². The lowest BCUT2D eigenvalue weighted by atomic mass is 10.3. The Bertz CT molecular complexity index is 290. The van der Waals surface area contributed by atoms with Crippen LogP contribution in [-0.4, -0.2) is 49.7 Å². The molecular weight excluding hydrogens is 301 g/mol. The second kappa shape index (κ2) is 5.12. The van der Waals surface area contributed by atoms with E-state index in [0.717, 1.165) is 23.4 Å². The maximum Gasteiger partial charge on any atom is 0.128 e. The monoisotopic (exact) mass is 319 g/mol. The van der Waals surface area contributed by atoms with E-state index >= 15 is 0 Å². The molecule has 0 N–H and O–H groups in total. The Morgan fingerprint density at radius 2 is 1.87 bits per heavy atom. The van der Waals surface area contributed by atoms with E-state index in [4.69, 9.17) is 0 Å². The van der Waals surface area contributed by atoms with E-state index in [2.05, 4.69) is 36.1 Å². The molecular formula is C11H18IN3. The van der Waals surface area contributed by atoms with Crippen molar-refractivity contribution in [2.24, 2.45) is 0 Å². The largest absolute Gasteiger partial charge is 1.00 e. The third-order valence-corrected chi connectivity index (χ3v) is 2.92. The summed E-state index contributed by atoms with van der Waals surface area (Å²) < 4.78 is 1.13. The molecule has 2 rings (SSSR count). The Morgan fingerprint density at radius 3 is 2.40 bits per heavy atom. The van der Waals surface area contributed by atoms with Crippen molar-refractivity contribution in [3.05, 3.63) is 24.4 Å². The van der Waals surface area contributed by atoms with Gasteiger partial charge in [0.1, 0.15) is 5.82 Å². The summed E-state index contributed by atoms with van der Waals surface area (Å²) in [5, 5.41) is 0. The highest BCUT2D eigenvalue weighted by molar-refractivity contribution is 5.37. The van der Waals surface area contributed by atoms with Crippen molar-refractivity contribution in [1.82, 2.24) is 4.98 Å². The third kappa shape index (κ3) is 3.31. The second-order valence-corrected chi connectivity index (χ2v) is 4.56. The molecule has 0 amide bonds. The van der Waals surface area contributed by atoms with Gasteiger partial charge in [0, 0.05) is 6.20 Å². The van der Waals surface area contributed by atoms with Crippen LogP contribution in [0.2, 0.25) is 0 Å². The maximum absolute atomic E-state index is 4.37. The molecule has 0 bridgehead atoms. The van der Waals surface area contributed by atoms with Gasteiger partial charge < -0.3 is 33.4 Å². The van der Waals surface area contributed by atoms with Crippen molar-refractivity contribution in [3.63, 3.8) is 0 Å². The van der Waals surface area contributed by atoms with Crippen LogP contribution in [0, 0.1) is 0 Å². The number of anilines is 1. The summed E-state index contributed by atoms with van der Waals surface area (Å²) in [4.78, 5) is 6.73. The number of aromatic nitrogens is 1. The van der Waals surface area contributed by atoms with Crippen molar-refractivity contribution >= 4 is 5.82 Å². The highest BCUT2D eigenvalue weighted by Gasteiger charge is 2.24. The summed E-state index contributed by atoms with van der Waals surface area (Å²) >= 11 is 0. The molecule has 1 saturated heterocycles. The number of pyridine rings is 1. The summed E-state index contributed by atoms with van der Waals surface area (Å²) in [6, 6.07) is 6.11. The first-order chi connectivity index (χ1) is 6.67. The summed E-state index contributed by atoms with van der Waals surface area (Å²) in [7, 11) is 4.57. The van der Waals surface area contributed by atoms with Crippen LogP contribution >= 0.6 is 0 Å². The predicted molar refractivity (Wildman–Crippen MR) is 58.3 cm³/mol. The fourth-order valence-electron chi connectivity index (χ4n) is 1.78. The number of likely N-dealkylation sites (N-methyl/N-ethyl adjacent to an activating group) is 1. The zero-order valence-corrected chi connectivity index (χ0v) is 11.5. The summed E-state index contributed by atoms with van der Waals surface area (Å²) in [5.41, 5.74) is 0. The van der Waals surface area contributed by atoms with Crippen molar-refractivity contribution in [2.75, 3.05) is 45.2 Å². The Hall–Kier alpha value is -0.360. The lowest BCUT2D eigenvalue weighted by molar-refractivity contribution is -0.890. The molecule has 3 nitrogen and oxygen atoms in total. The molecule has 1 aliphatic rings. The zero-order chi connectivity index (χ0) is 10.0. The Balaban J connectivity index is 0.00000112. The number of halogens is 1. The van der Waals surface area contributed by atoms with Crippen LogP contribution in [0.5, 0.6) is 0 Å². The van der Waals surface area contributed by atoms with E-state index < -0.39 is 0 Å². The van der Waals surface area contributed by atoms with E-state index in [1.807, 2.05) is 12.3 Å². The van der Waals surface area contributed by atoms with Gasteiger partial charge in [0.2, 0.25) is 0 Å². The number of hydrogen-bond donors (Lipinski definition) is 0. The van der Waals surface area contributed by atoms with E-state index in [0.29, 0.717) is 0 Å². The molecule has 1 aromatic rings. The fraction of sp³-hybridized carbons (Fsp3) is 0.545. The molecule has 1 fully saturated rings. The highest BCUT2D eigenvalue weighted by atomic mass is 127. The number of nitrogens with zero attached hydrogens (tertiary/aromatic N) is 3. The van der Waals surface area contributed by atoms with E-state index in [9.17, 15) is 0 Å². The van der Waals surface area contributed by atoms with Crippen LogP contribution < -0.4 is 28.9 Å². The van der Waals surface area contributed by atoms with E-state index in [1.54, 1.807) is 0 Å². The third-order valence-electron chi connectivity index (χ3n) is 2.92. The minimum Gasteiger partial charge on any atom is -1.00 e. The van der Waals surface area contributed by atoms with E-state index in [-0.39, 0.29) is 24.0 Å². The Kier molecular flexibility index (Phi) is 4.33. The predicted octanol–water partition coefficient (Wildman–Crippen LogP) is -2.02. The molecule has 0 unspecified atom stereocenters. The molecule has 0 aliphatic carbocycles. The zero-order valence-electron chi connectivity index (χ0n) is 9.36. The van der Waals surface area contributed by atoms with Crippen LogP contribution in [0.15, 0.2) is 24.4 Å². The smallest absolute Gasteiger partial charge is 0.128 e. The van der Waals surface area contributed by atoms with Gasteiger partial charge >= 0.3 is 0 Å². The van der Waals surface area contributed by atoms with Crippen molar-refractivity contribution in [2.45, 2.75) is 0 Å². The first-order valence-electron chi connectivity index (χ1n) is 5.15. The van der Waals surface area contributed by atoms with Gasteiger partial charge in [-0.2, -0.15) is 0 Å². The first kappa shape index (κ1) is 12.7. The number of hydrogen-bond acceptors (Lipinski definition) is 2. The normalized spacial score (nSPS) is 19.5. The average Bonchev–Trinajstić information content (AvgIpc) is 2.19. The Morgan fingerprint density at radius 1 is 1.20 bits per heavy atom. The highest BCUT2D eigenvalue weighted by Crippen LogP contribution is 2.14. The minimum atomic E-state index is 0. The van der Waals surface area contributed by atoms with Gasteiger partial charge in [-0.25, -0.2) is 4.98 Å². The van der Waals surface area contributed by atoms with Crippen molar-refractivity contribution < 1.29 is 28.5 Å². The number of piperazine rings is 1. The molecule has 4 heteroatoms. The van der Waals surface area contributed by atoms with Crippen molar-refractivity contribution in [1.29, 1.82) is 0 Å². The molecule has 1 aliphatic heterocycles. The topological polar surface area (TPSA) is 16.1 Å². The standard InChI is InChI=1S/C11H18N3.HI/c1-14(2)9-7-13(8-10-14)11-5-3-4-6-12-11;/h3-6H,7-10H2,1-2H3;1H/q+1;/p-1. The molecule has 84 valence electrons. The van der Waals surface area contributed by atoms with Crippen LogP contribution in [0.25, 0.3) is 0 Å². The van der Waals surface area contributed by atoms with Crippen molar-refractivity contribution in [3.8, 4) is 0 Å². The maximum atomic E-state index is 4.37. The molecule has 15 heavy (non-hydrogen) atoms. The summed E-state index contributed by atoms with van der Waals surface area (Å²) in [6.45, 7) is 4.64. The van der Waals surface area contributed by atoms with Gasteiger partial charge in [-0.05, 0) is 12.1 Å². The van der Waals surface area contributed by atoms with Gasteiger partial charge in [-0.15, -0.1) is 0 Å². The second-order valence-electron chi connectivity index (χ2n) is 4.56. The van der Waals surface area contributed by atoms with Crippen LogP contribution in [0.3, 0.4) is 0 Å². The quantitative estimate of drug-likeness (QED) is 0.439. The van der Waals surface area contributed by atoms with Crippen LogP contribution in [-0.2, 0) is 0 Å². The summed E-state index contributed by atoms with van der Waals surface area (Å²) in [5.74, 6) is 1.12. The number of quaternary nitrogens is 1. The number of rotatable bonds is 1. The van der Waals surface area contributed by atoms with Gasteiger partial charge in [0.15, 0.2) is 0 Å². The lowest BCUT2D eigenvalue weighted by Gasteiger charge is -2.39. The first-order valence-corrected chi connectivity index (χ1v) is 5.15. The van der Waals surface area contributed by atoms with Gasteiger partial charge in [-0.3, -0.25) is 0 Å². The molecule has 0 radical (unpaired) electrons. The lowest BCUT2D eigenvalue weighted by Crippen LogP contribution is -3.00. The van der Waals surface area contributed by atoms with E-state index in [1.165, 1.54) is 13.1 Å². The summed E-state index contributed by atoms with van der Waals surface area (Å²) in [6.07, 6.45) is 1.87. The molecule has 1 aromatic heterocycles. The molecule has 0 spiro atoms. The molecule has 2 heterocycles. The van der Waals surface area contributed by atoms with Crippen LogP contribution in [0.1, 0.15) is 0 Å². The molecule has 0 aromatic carbocycles. The van der Waals surface area contributed by atoms with Gasteiger partial charge in [0.05, 0.1) is 40.3 Å². The molecule has 0 atom stereocenters.